The van der Waals surface area contributed by atoms with Gasteiger partial charge >= 0.3 is 12.1 Å². The second-order valence-corrected chi connectivity index (χ2v) is 10.1. The zero-order chi connectivity index (χ0) is 26.5. The molecule has 194 valence electrons. The minimum absolute atomic E-state index is 0.0223. The molecule has 0 aliphatic heterocycles. The maximum atomic E-state index is 13.9. The van der Waals surface area contributed by atoms with Crippen molar-refractivity contribution in [2.75, 3.05) is 6.61 Å². The van der Waals surface area contributed by atoms with E-state index in [0.717, 1.165) is 23.4 Å². The Bertz CT molecular complexity index is 1350. The summed E-state index contributed by atoms with van der Waals surface area (Å²) in [6.45, 7) is 2.84. The summed E-state index contributed by atoms with van der Waals surface area (Å²) in [6.07, 6.45) is -1.20. The lowest BCUT2D eigenvalue weighted by atomic mass is 10.00. The van der Waals surface area contributed by atoms with Crippen molar-refractivity contribution in [1.82, 2.24) is 9.97 Å². The Kier molecular flexibility index (Phi) is 6.10. The van der Waals surface area contributed by atoms with Crippen LogP contribution in [-0.4, -0.2) is 38.4 Å². The summed E-state index contributed by atoms with van der Waals surface area (Å²) in [4.78, 5) is 19.6. The molecule has 2 N–H and O–H groups in total. The number of halogens is 3. The number of aromatic nitrogens is 2. The lowest BCUT2D eigenvalue weighted by Gasteiger charge is -2.19. The first-order valence-electron chi connectivity index (χ1n) is 11.8. The van der Waals surface area contributed by atoms with Crippen LogP contribution in [0.1, 0.15) is 42.0 Å². The molecule has 5 rings (SSSR count). The number of alkyl halides is 3. The van der Waals surface area contributed by atoms with Gasteiger partial charge in [-0.2, -0.15) is 13.2 Å². The van der Waals surface area contributed by atoms with Gasteiger partial charge in [-0.15, -0.1) is 0 Å². The summed E-state index contributed by atoms with van der Waals surface area (Å²) in [5.41, 5.74) is 0.716. The average Bonchev–Trinajstić information content (AvgIpc) is 3.43. The van der Waals surface area contributed by atoms with Crippen LogP contribution in [0.15, 0.2) is 48.8 Å². The van der Waals surface area contributed by atoms with Crippen molar-refractivity contribution in [3.05, 3.63) is 71.0 Å². The van der Waals surface area contributed by atoms with Crippen LogP contribution in [0, 0.1) is 11.8 Å². The van der Waals surface area contributed by atoms with Crippen molar-refractivity contribution < 1.29 is 37.7 Å². The molecule has 1 saturated carbocycles. The quantitative estimate of drug-likeness (QED) is 0.443. The average molecular weight is 515 g/mol. The van der Waals surface area contributed by atoms with Gasteiger partial charge in [-0.3, -0.25) is 4.79 Å². The number of carbonyl (C=O) groups is 1. The van der Waals surface area contributed by atoms with Crippen molar-refractivity contribution in [2.24, 2.45) is 11.8 Å². The van der Waals surface area contributed by atoms with E-state index >= 15 is 0 Å². The normalized spacial score (nSPS) is 20.2. The number of pyridine rings is 2. The van der Waals surface area contributed by atoms with Crippen LogP contribution in [0.4, 0.5) is 13.2 Å². The molecule has 1 fully saturated rings. The number of benzene rings is 1. The number of rotatable bonds is 8. The lowest BCUT2D eigenvalue weighted by Crippen LogP contribution is -2.28. The van der Waals surface area contributed by atoms with E-state index < -0.39 is 23.3 Å². The molecule has 3 unspecified atom stereocenters. The molecule has 2 aromatic heterocycles. The molecule has 7 nitrogen and oxygen atoms in total. The maximum Gasteiger partial charge on any atom is 0.417 e. The van der Waals surface area contributed by atoms with Gasteiger partial charge in [0.15, 0.2) is 0 Å². The number of fused-ring (bicyclic) bond motifs is 3. The summed E-state index contributed by atoms with van der Waals surface area (Å²) in [7, 11) is 0. The van der Waals surface area contributed by atoms with E-state index in [9.17, 15) is 28.2 Å². The highest BCUT2D eigenvalue weighted by molar-refractivity contribution is 5.77. The number of hydrogen-bond donors (Lipinski definition) is 2. The van der Waals surface area contributed by atoms with Gasteiger partial charge in [0.2, 0.25) is 11.8 Å². The monoisotopic (exact) mass is 514 g/mol. The summed E-state index contributed by atoms with van der Waals surface area (Å²) >= 11 is 0. The highest BCUT2D eigenvalue weighted by Gasteiger charge is 2.59. The van der Waals surface area contributed by atoms with Gasteiger partial charge < -0.3 is 19.7 Å². The lowest BCUT2D eigenvalue weighted by molar-refractivity contribution is -0.139. The van der Waals surface area contributed by atoms with E-state index in [2.05, 4.69) is 9.97 Å². The summed E-state index contributed by atoms with van der Waals surface area (Å²) in [6, 6.07) is 9.18. The standard InChI is InChI=1S/C27H25F3N2O5/c1-26(2,35)13-37-22-9-20(27(28,29)30)18(10-31-22)15-5-3-4-14(6-15)12-36-21-8-16-7-17-23(19(16)11-32-21)24(17)25(33)34/h3-6,8-11,17,23-24,35H,7,12-13H2,1-2H3,(H,33,34). The third-order valence-electron chi connectivity index (χ3n) is 6.65. The van der Waals surface area contributed by atoms with E-state index in [4.69, 9.17) is 9.47 Å². The van der Waals surface area contributed by atoms with E-state index in [1.165, 1.54) is 13.8 Å². The Balaban J connectivity index is 1.31. The Labute approximate surface area is 210 Å². The predicted octanol–water partition coefficient (Wildman–Crippen LogP) is 4.86. The molecule has 3 aromatic rings. The fourth-order valence-electron chi connectivity index (χ4n) is 4.90. The van der Waals surface area contributed by atoms with Gasteiger partial charge in [-0.05, 0) is 54.5 Å². The number of hydrogen-bond acceptors (Lipinski definition) is 6. The van der Waals surface area contributed by atoms with Crippen LogP contribution < -0.4 is 9.47 Å². The van der Waals surface area contributed by atoms with Crippen LogP contribution in [0.3, 0.4) is 0 Å². The molecule has 0 radical (unpaired) electrons. The molecule has 10 heteroatoms. The Hall–Kier alpha value is -3.66. The topological polar surface area (TPSA) is 102 Å². The number of carboxylic acid groups (broad SMARTS) is 1. The Morgan fingerprint density at radius 2 is 1.81 bits per heavy atom. The van der Waals surface area contributed by atoms with E-state index in [1.807, 2.05) is 6.07 Å². The largest absolute Gasteiger partial charge is 0.481 e. The molecule has 1 aromatic carbocycles. The van der Waals surface area contributed by atoms with Crippen molar-refractivity contribution in [3.8, 4) is 22.9 Å². The van der Waals surface area contributed by atoms with Crippen LogP contribution >= 0.6 is 0 Å². The van der Waals surface area contributed by atoms with E-state index in [0.29, 0.717) is 23.4 Å². The molecular weight excluding hydrogens is 489 g/mol. The van der Waals surface area contributed by atoms with Crippen molar-refractivity contribution >= 4 is 5.97 Å². The minimum Gasteiger partial charge on any atom is -0.481 e. The van der Waals surface area contributed by atoms with Gasteiger partial charge in [0, 0.05) is 36.0 Å². The Morgan fingerprint density at radius 3 is 2.51 bits per heavy atom. The maximum absolute atomic E-state index is 13.9. The van der Waals surface area contributed by atoms with Crippen molar-refractivity contribution in [2.45, 2.75) is 44.6 Å². The number of carboxylic acids is 1. The third kappa shape index (κ3) is 5.24. The SMILES string of the molecule is CC(C)(O)COc1cc(C(F)(F)F)c(-c2cccc(COc3cc4c(cn3)C3C(C4)C3C(=O)O)c2)cn1. The molecule has 0 saturated heterocycles. The summed E-state index contributed by atoms with van der Waals surface area (Å²) in [5.74, 6) is -0.822. The van der Waals surface area contributed by atoms with Gasteiger partial charge in [-0.1, -0.05) is 18.2 Å². The third-order valence-corrected chi connectivity index (χ3v) is 6.65. The number of ether oxygens (including phenoxy) is 2. The van der Waals surface area contributed by atoms with Gasteiger partial charge in [-0.25, -0.2) is 9.97 Å². The van der Waals surface area contributed by atoms with Gasteiger partial charge in [0.05, 0.1) is 17.1 Å². The van der Waals surface area contributed by atoms with Crippen LogP contribution in [0.2, 0.25) is 0 Å². The van der Waals surface area contributed by atoms with E-state index in [-0.39, 0.29) is 42.4 Å². The molecule has 3 atom stereocenters. The summed E-state index contributed by atoms with van der Waals surface area (Å²) < 4.78 is 52.7. The molecule has 0 spiro atoms. The molecule has 0 amide bonds. The van der Waals surface area contributed by atoms with Crippen molar-refractivity contribution in [3.63, 3.8) is 0 Å². The molecular formula is C27H25F3N2O5. The van der Waals surface area contributed by atoms with Crippen molar-refractivity contribution in [1.29, 1.82) is 0 Å². The second-order valence-electron chi connectivity index (χ2n) is 10.1. The fraction of sp³-hybridized carbons (Fsp3) is 0.370. The molecule has 0 bridgehead atoms. The molecule has 37 heavy (non-hydrogen) atoms. The first-order chi connectivity index (χ1) is 17.4. The smallest absolute Gasteiger partial charge is 0.417 e. The van der Waals surface area contributed by atoms with Gasteiger partial charge in [0.25, 0.3) is 0 Å². The molecule has 2 aliphatic carbocycles. The van der Waals surface area contributed by atoms with Gasteiger partial charge in [0.1, 0.15) is 13.2 Å². The zero-order valence-electron chi connectivity index (χ0n) is 20.1. The first-order valence-corrected chi connectivity index (χ1v) is 11.8. The Morgan fingerprint density at radius 1 is 1.08 bits per heavy atom. The molecule has 2 heterocycles. The fourth-order valence-corrected chi connectivity index (χ4v) is 4.90. The zero-order valence-corrected chi connectivity index (χ0v) is 20.1. The van der Waals surface area contributed by atoms with Crippen LogP contribution in [0.5, 0.6) is 11.8 Å². The highest BCUT2D eigenvalue weighted by atomic mass is 19.4. The van der Waals surface area contributed by atoms with E-state index in [1.54, 1.807) is 30.5 Å². The second kappa shape index (κ2) is 9.02. The first kappa shape index (κ1) is 25.0. The highest BCUT2D eigenvalue weighted by Crippen LogP contribution is 2.61. The van der Waals surface area contributed by atoms with Crippen LogP contribution in [0.25, 0.3) is 11.1 Å². The van der Waals surface area contributed by atoms with Crippen LogP contribution in [-0.2, 0) is 24.0 Å². The molecule has 2 aliphatic rings. The number of aliphatic carboxylic acids is 1. The number of nitrogens with zero attached hydrogens (tertiary/aromatic N) is 2. The summed E-state index contributed by atoms with van der Waals surface area (Å²) in [5, 5.41) is 19.0. The number of aliphatic hydroxyl groups is 1. The minimum atomic E-state index is -4.65. The predicted molar refractivity (Wildman–Crippen MR) is 126 cm³/mol.